The Bertz CT molecular complexity index is 760. The van der Waals surface area contributed by atoms with Gasteiger partial charge in [0.25, 0.3) is 0 Å². The summed E-state index contributed by atoms with van der Waals surface area (Å²) in [6.07, 6.45) is 0.520. The number of rotatable bonds is 4. The summed E-state index contributed by atoms with van der Waals surface area (Å²) in [7, 11) is 0. The summed E-state index contributed by atoms with van der Waals surface area (Å²) in [4.78, 5) is 12.8. The van der Waals surface area contributed by atoms with E-state index in [1.54, 1.807) is 6.07 Å². The molecule has 1 amide bonds. The molecule has 0 aromatic heterocycles. The second kappa shape index (κ2) is 6.16. The van der Waals surface area contributed by atoms with Crippen molar-refractivity contribution in [1.82, 2.24) is 5.32 Å². The molecule has 0 fully saturated rings. The fraction of sp³-hybridized carbons (Fsp3) is 0.278. The molecule has 1 aliphatic rings. The molecule has 120 valence electrons. The van der Waals surface area contributed by atoms with Crippen LogP contribution in [-0.4, -0.2) is 11.9 Å². The molecule has 3 nitrogen and oxygen atoms in total. The number of hydrogen-bond acceptors (Lipinski definition) is 2. The van der Waals surface area contributed by atoms with Gasteiger partial charge < -0.3 is 5.32 Å². The Hall–Kier alpha value is -1.55. The Labute approximate surface area is 146 Å². The molecule has 1 unspecified atom stereocenters. The lowest BCUT2D eigenvalue weighted by Crippen LogP contribution is -2.52. The topological polar surface area (TPSA) is 41.1 Å². The quantitative estimate of drug-likeness (QED) is 0.860. The summed E-state index contributed by atoms with van der Waals surface area (Å²) in [5, 5.41) is 7.67. The van der Waals surface area contributed by atoms with E-state index < -0.39 is 5.54 Å². The highest BCUT2D eigenvalue weighted by Gasteiger charge is 2.47. The van der Waals surface area contributed by atoms with Crippen molar-refractivity contribution in [3.8, 4) is 0 Å². The van der Waals surface area contributed by atoms with Crippen molar-refractivity contribution < 1.29 is 4.79 Å². The lowest BCUT2D eigenvalue weighted by Gasteiger charge is -2.31. The highest BCUT2D eigenvalue weighted by atomic mass is 35.5. The van der Waals surface area contributed by atoms with Crippen molar-refractivity contribution in [2.45, 2.75) is 31.8 Å². The van der Waals surface area contributed by atoms with Gasteiger partial charge in [-0.25, -0.2) is 0 Å². The zero-order chi connectivity index (χ0) is 16.6. The third-order valence-electron chi connectivity index (χ3n) is 3.97. The summed E-state index contributed by atoms with van der Waals surface area (Å²) < 4.78 is 0. The van der Waals surface area contributed by atoms with E-state index in [0.29, 0.717) is 16.5 Å². The highest BCUT2D eigenvalue weighted by molar-refractivity contribution is 6.31. The summed E-state index contributed by atoms with van der Waals surface area (Å²) >= 11 is 12.2. The number of carbonyl (C=O) groups excluding carboxylic acids is 1. The minimum Gasteiger partial charge on any atom is -0.324 e. The monoisotopic (exact) mass is 348 g/mol. The van der Waals surface area contributed by atoms with Crippen molar-refractivity contribution in [3.63, 3.8) is 0 Å². The molecule has 23 heavy (non-hydrogen) atoms. The molecule has 2 aromatic carbocycles. The van der Waals surface area contributed by atoms with Crippen LogP contribution in [-0.2, 0) is 16.8 Å². The van der Waals surface area contributed by atoms with Gasteiger partial charge >= 0.3 is 0 Å². The second-order valence-electron chi connectivity index (χ2n) is 6.16. The minimum atomic E-state index is -0.821. The fourth-order valence-electron chi connectivity index (χ4n) is 3.16. The Morgan fingerprint density at radius 1 is 1.13 bits per heavy atom. The summed E-state index contributed by atoms with van der Waals surface area (Å²) in [6, 6.07) is 13.3. The average molecular weight is 349 g/mol. The van der Waals surface area contributed by atoms with Crippen molar-refractivity contribution in [3.05, 3.63) is 63.6 Å². The maximum absolute atomic E-state index is 12.8. The van der Waals surface area contributed by atoms with Gasteiger partial charge in [0, 0.05) is 33.8 Å². The van der Waals surface area contributed by atoms with Gasteiger partial charge in [-0.1, -0.05) is 41.4 Å². The Kier molecular flexibility index (Phi) is 4.37. The van der Waals surface area contributed by atoms with E-state index in [-0.39, 0.29) is 11.9 Å². The van der Waals surface area contributed by atoms with Gasteiger partial charge in [-0.05, 0) is 43.7 Å². The molecule has 2 N–H and O–H groups in total. The number of fused-ring (bicyclic) bond motifs is 1. The normalized spacial score (nSPS) is 19.8. The van der Waals surface area contributed by atoms with Crippen LogP contribution in [0.2, 0.25) is 10.0 Å². The van der Waals surface area contributed by atoms with Crippen LogP contribution < -0.4 is 10.6 Å². The summed E-state index contributed by atoms with van der Waals surface area (Å²) in [5.74, 6) is -0.0663. The van der Waals surface area contributed by atoms with Crippen LogP contribution in [0.5, 0.6) is 0 Å². The van der Waals surface area contributed by atoms with Crippen LogP contribution in [0.4, 0.5) is 5.69 Å². The molecule has 0 aliphatic carbocycles. The van der Waals surface area contributed by atoms with E-state index in [1.807, 2.05) is 50.2 Å². The predicted octanol–water partition coefficient (Wildman–Crippen LogP) is 4.38. The van der Waals surface area contributed by atoms with Gasteiger partial charge in [-0.2, -0.15) is 0 Å². The maximum Gasteiger partial charge on any atom is 0.249 e. The Balaban J connectivity index is 2.09. The van der Waals surface area contributed by atoms with E-state index in [1.165, 1.54) is 0 Å². The smallest absolute Gasteiger partial charge is 0.249 e. The average Bonchev–Trinajstić information content (AvgIpc) is 2.70. The third kappa shape index (κ3) is 3.09. The van der Waals surface area contributed by atoms with E-state index in [9.17, 15) is 4.79 Å². The molecule has 1 aliphatic heterocycles. The van der Waals surface area contributed by atoms with Crippen molar-refractivity contribution >= 4 is 34.8 Å². The van der Waals surface area contributed by atoms with E-state index in [4.69, 9.17) is 23.2 Å². The van der Waals surface area contributed by atoms with Crippen LogP contribution >= 0.6 is 23.2 Å². The lowest BCUT2D eigenvalue weighted by atomic mass is 9.84. The Morgan fingerprint density at radius 2 is 1.87 bits per heavy atom. The number of carbonyl (C=O) groups is 1. The van der Waals surface area contributed by atoms with Gasteiger partial charge in [-0.15, -0.1) is 0 Å². The number of nitrogens with one attached hydrogen (secondary N) is 2. The Morgan fingerprint density at radius 3 is 2.57 bits per heavy atom. The van der Waals surface area contributed by atoms with E-state index >= 15 is 0 Å². The third-order valence-corrected chi connectivity index (χ3v) is 4.44. The number of anilines is 1. The van der Waals surface area contributed by atoms with Crippen LogP contribution in [0, 0.1) is 0 Å². The highest BCUT2D eigenvalue weighted by Crippen LogP contribution is 2.40. The van der Waals surface area contributed by atoms with Crippen molar-refractivity contribution in [2.24, 2.45) is 0 Å². The molecule has 5 heteroatoms. The lowest BCUT2D eigenvalue weighted by molar-refractivity contribution is -0.122. The molecular formula is C18H18Cl2N2O. The summed E-state index contributed by atoms with van der Waals surface area (Å²) in [6.45, 7) is 4.06. The van der Waals surface area contributed by atoms with Crippen LogP contribution in [0.25, 0.3) is 0 Å². The largest absolute Gasteiger partial charge is 0.324 e. The van der Waals surface area contributed by atoms with E-state index in [2.05, 4.69) is 10.6 Å². The molecule has 1 atom stereocenters. The first-order valence-corrected chi connectivity index (χ1v) is 8.30. The van der Waals surface area contributed by atoms with Gasteiger partial charge in [0.1, 0.15) is 5.54 Å². The molecule has 2 aromatic rings. The number of hydrogen-bond donors (Lipinski definition) is 2. The summed E-state index contributed by atoms with van der Waals surface area (Å²) in [5.41, 5.74) is 1.86. The van der Waals surface area contributed by atoms with Gasteiger partial charge in [0.2, 0.25) is 5.91 Å². The molecule has 0 radical (unpaired) electrons. The maximum atomic E-state index is 12.8. The SMILES string of the molecule is CC(C)NC1(Cc2cccc(Cl)c2)C(=O)Nc2cc(Cl)ccc21. The first-order valence-electron chi connectivity index (χ1n) is 7.54. The molecular weight excluding hydrogens is 331 g/mol. The van der Waals surface area contributed by atoms with Crippen LogP contribution in [0.15, 0.2) is 42.5 Å². The zero-order valence-electron chi connectivity index (χ0n) is 13.0. The zero-order valence-corrected chi connectivity index (χ0v) is 14.5. The number of benzene rings is 2. The van der Waals surface area contributed by atoms with Crippen molar-refractivity contribution in [1.29, 1.82) is 0 Å². The number of amides is 1. The van der Waals surface area contributed by atoms with Crippen molar-refractivity contribution in [2.75, 3.05) is 5.32 Å². The molecule has 1 heterocycles. The predicted molar refractivity (Wildman–Crippen MR) is 95.2 cm³/mol. The van der Waals surface area contributed by atoms with Gasteiger partial charge in [0.15, 0.2) is 0 Å². The fourth-order valence-corrected chi connectivity index (χ4v) is 3.54. The van der Waals surface area contributed by atoms with Gasteiger partial charge in [0.05, 0.1) is 0 Å². The van der Waals surface area contributed by atoms with Crippen LogP contribution in [0.1, 0.15) is 25.0 Å². The standard InChI is InChI=1S/C18H18Cl2N2O/c1-11(2)22-18(10-12-4-3-5-13(19)8-12)15-7-6-14(20)9-16(15)21-17(18)23/h3-9,11,22H,10H2,1-2H3,(H,21,23). The van der Waals surface area contributed by atoms with Crippen LogP contribution in [0.3, 0.4) is 0 Å². The molecule has 0 spiro atoms. The first kappa shape index (κ1) is 16.3. The molecule has 0 saturated heterocycles. The second-order valence-corrected chi connectivity index (χ2v) is 7.03. The van der Waals surface area contributed by atoms with E-state index in [0.717, 1.165) is 16.8 Å². The van der Waals surface area contributed by atoms with Gasteiger partial charge in [-0.3, -0.25) is 10.1 Å². The first-order chi connectivity index (χ1) is 10.9. The molecule has 0 bridgehead atoms. The number of halogens is 2. The molecule has 3 rings (SSSR count). The minimum absolute atomic E-state index is 0.0663. The molecule has 0 saturated carbocycles.